The Bertz CT molecular complexity index is 1360. The molecule has 4 rings (SSSR count). The summed E-state index contributed by atoms with van der Waals surface area (Å²) in [5, 5.41) is 12.5. The van der Waals surface area contributed by atoms with Gasteiger partial charge in [0.2, 0.25) is 0 Å². The van der Waals surface area contributed by atoms with Crippen molar-refractivity contribution in [3.63, 3.8) is 0 Å². The summed E-state index contributed by atoms with van der Waals surface area (Å²) in [5.41, 5.74) is 5.99. The smallest absolute Gasteiger partial charge is 0.326 e. The minimum atomic E-state index is -1.00. The summed E-state index contributed by atoms with van der Waals surface area (Å²) in [4.78, 5) is 28.0. The molecule has 1 saturated heterocycles. The Hall–Kier alpha value is -3.09. The van der Waals surface area contributed by atoms with E-state index in [9.17, 15) is 14.7 Å². The van der Waals surface area contributed by atoms with Crippen molar-refractivity contribution in [2.24, 2.45) is 5.92 Å². The van der Waals surface area contributed by atoms with Crippen LogP contribution >= 0.6 is 11.8 Å². The van der Waals surface area contributed by atoms with E-state index >= 15 is 0 Å². The highest BCUT2D eigenvalue weighted by Crippen LogP contribution is 2.33. The van der Waals surface area contributed by atoms with Gasteiger partial charge in [-0.05, 0) is 96.9 Å². The first-order valence-corrected chi connectivity index (χ1v) is 18.6. The molecule has 46 heavy (non-hydrogen) atoms. The second-order valence-electron chi connectivity index (χ2n) is 13.1. The maximum absolute atomic E-state index is 13.5. The molecule has 3 aromatic rings. The number of rotatable bonds is 15. The Labute approximate surface area is 282 Å². The van der Waals surface area contributed by atoms with Gasteiger partial charge in [0.1, 0.15) is 6.04 Å². The first kappa shape index (κ1) is 37.4. The van der Waals surface area contributed by atoms with Gasteiger partial charge in [-0.3, -0.25) is 9.69 Å². The van der Waals surface area contributed by atoms with Gasteiger partial charge in [-0.15, -0.1) is 0 Å². The largest absolute Gasteiger partial charge is 0.480 e. The molecular weight excluding hydrogens is 589 g/mol. The molecular formula is C40H56N2O3S. The Morgan fingerprint density at radius 3 is 2.20 bits per heavy atom. The number of carbonyl (C=O) groups is 2. The molecule has 1 unspecified atom stereocenters. The second kappa shape index (κ2) is 19.5. The van der Waals surface area contributed by atoms with Gasteiger partial charge in [0, 0.05) is 24.2 Å². The number of carbonyl (C=O) groups excluding carboxylic acids is 1. The van der Waals surface area contributed by atoms with Crippen LogP contribution in [0, 0.1) is 12.8 Å². The highest BCUT2D eigenvalue weighted by molar-refractivity contribution is 7.98. The number of nitrogens with one attached hydrogen (secondary N) is 1. The first-order valence-electron chi connectivity index (χ1n) is 17.2. The topological polar surface area (TPSA) is 69.6 Å². The monoisotopic (exact) mass is 644 g/mol. The van der Waals surface area contributed by atoms with Gasteiger partial charge in [0.05, 0.1) is 0 Å². The SMILES string of the molecule is CCCC(C)C.CCC[C@H]1CC[C@@H](Cc2ccccc2)N1Cc1ccc(C(=O)NC(CCSC)C(=O)O)c(-c2ccccc2C)c1. The summed E-state index contributed by atoms with van der Waals surface area (Å²) in [6.45, 7) is 11.9. The first-order chi connectivity index (χ1) is 22.2. The zero-order valence-electron chi connectivity index (χ0n) is 28.9. The maximum Gasteiger partial charge on any atom is 0.326 e. The van der Waals surface area contributed by atoms with Crippen molar-refractivity contribution >= 4 is 23.6 Å². The molecule has 250 valence electrons. The lowest BCUT2D eigenvalue weighted by Crippen LogP contribution is -2.41. The second-order valence-corrected chi connectivity index (χ2v) is 14.0. The van der Waals surface area contributed by atoms with Gasteiger partial charge < -0.3 is 10.4 Å². The molecule has 0 radical (unpaired) electrons. The van der Waals surface area contributed by atoms with Crippen LogP contribution in [0.5, 0.6) is 0 Å². The third-order valence-corrected chi connectivity index (χ3v) is 9.56. The van der Waals surface area contributed by atoms with Crippen LogP contribution in [0.2, 0.25) is 0 Å². The maximum atomic E-state index is 13.5. The zero-order valence-corrected chi connectivity index (χ0v) is 29.7. The molecule has 3 atom stereocenters. The fourth-order valence-electron chi connectivity index (χ4n) is 6.52. The highest BCUT2D eigenvalue weighted by atomic mass is 32.2. The lowest BCUT2D eigenvalue weighted by molar-refractivity contribution is -0.139. The number of aliphatic carboxylic acids is 1. The minimum absolute atomic E-state index is 0.342. The van der Waals surface area contributed by atoms with E-state index in [-0.39, 0.29) is 5.91 Å². The number of benzene rings is 3. The van der Waals surface area contributed by atoms with Gasteiger partial charge in [0.25, 0.3) is 5.91 Å². The number of hydrogen-bond donors (Lipinski definition) is 2. The Morgan fingerprint density at radius 1 is 0.891 bits per heavy atom. The van der Waals surface area contributed by atoms with Crippen LogP contribution in [-0.2, 0) is 17.8 Å². The van der Waals surface area contributed by atoms with E-state index in [1.165, 1.54) is 43.2 Å². The molecule has 1 fully saturated rings. The number of hydrogen-bond acceptors (Lipinski definition) is 4. The minimum Gasteiger partial charge on any atom is -0.480 e. The molecule has 3 aromatic carbocycles. The molecule has 1 aliphatic heterocycles. The molecule has 0 aliphatic carbocycles. The lowest BCUT2D eigenvalue weighted by atomic mass is 9.93. The third-order valence-electron chi connectivity index (χ3n) is 8.92. The lowest BCUT2D eigenvalue weighted by Gasteiger charge is -2.31. The third kappa shape index (κ3) is 11.3. The van der Waals surface area contributed by atoms with Crippen molar-refractivity contribution in [2.75, 3.05) is 12.0 Å². The predicted molar refractivity (Wildman–Crippen MR) is 196 cm³/mol. The number of thioether (sulfide) groups is 1. The zero-order chi connectivity index (χ0) is 33.5. The van der Waals surface area contributed by atoms with E-state index in [0.717, 1.165) is 42.0 Å². The van der Waals surface area contributed by atoms with E-state index in [4.69, 9.17) is 0 Å². The number of amides is 1. The molecule has 2 N–H and O–H groups in total. The standard InChI is InChI=1S/C34H42N2O3S.C6H14/c1-4-10-27-16-17-28(21-25-12-6-5-7-13-25)36(27)23-26-15-18-30(31(22-26)29-14-9-8-11-24(29)2)33(37)35-32(34(38)39)19-20-40-3;1-4-5-6(2)3/h5-9,11-15,18,22,27-28,32H,4,10,16-17,19-21,23H2,1-3H3,(H,35,37)(H,38,39);6H,4-5H2,1-3H3/t27-,28-,32?;/m0./s1. The number of aryl methyl sites for hydroxylation is 1. The molecule has 0 aromatic heterocycles. The fourth-order valence-corrected chi connectivity index (χ4v) is 7.00. The van der Waals surface area contributed by atoms with E-state index in [1.54, 1.807) is 11.8 Å². The van der Waals surface area contributed by atoms with Crippen LogP contribution in [-0.4, -0.2) is 52.0 Å². The van der Waals surface area contributed by atoms with Crippen LogP contribution < -0.4 is 5.32 Å². The number of nitrogens with zero attached hydrogens (tertiary/aromatic N) is 1. The molecule has 6 heteroatoms. The Morgan fingerprint density at radius 2 is 1.59 bits per heavy atom. The van der Waals surface area contributed by atoms with Crippen molar-refractivity contribution in [1.29, 1.82) is 0 Å². The molecule has 0 bridgehead atoms. The quantitative estimate of drug-likeness (QED) is 0.173. The number of carboxylic acids is 1. The molecule has 5 nitrogen and oxygen atoms in total. The summed E-state index contributed by atoms with van der Waals surface area (Å²) in [6.07, 6.45) is 10.8. The fraction of sp³-hybridized carbons (Fsp3) is 0.500. The van der Waals surface area contributed by atoms with E-state index in [2.05, 4.69) is 93.4 Å². The summed E-state index contributed by atoms with van der Waals surface area (Å²) < 4.78 is 0. The van der Waals surface area contributed by atoms with Crippen LogP contribution in [0.15, 0.2) is 72.8 Å². The molecule has 1 heterocycles. The molecule has 1 amide bonds. The van der Waals surface area contributed by atoms with Crippen molar-refractivity contribution in [3.05, 3.63) is 95.1 Å². The summed E-state index contributed by atoms with van der Waals surface area (Å²) >= 11 is 1.57. The number of carboxylic acid groups (broad SMARTS) is 1. The summed E-state index contributed by atoms with van der Waals surface area (Å²) in [6, 6.07) is 25.0. The van der Waals surface area contributed by atoms with E-state index < -0.39 is 12.0 Å². The van der Waals surface area contributed by atoms with Gasteiger partial charge in [-0.2, -0.15) is 11.8 Å². The van der Waals surface area contributed by atoms with Gasteiger partial charge in [-0.25, -0.2) is 4.79 Å². The van der Waals surface area contributed by atoms with Crippen LogP contribution in [0.3, 0.4) is 0 Å². The average molecular weight is 645 g/mol. The van der Waals surface area contributed by atoms with Crippen LogP contribution in [0.25, 0.3) is 11.1 Å². The summed E-state index contributed by atoms with van der Waals surface area (Å²) in [5.74, 6) is 0.219. The van der Waals surface area contributed by atoms with Crippen LogP contribution in [0.4, 0.5) is 0 Å². The van der Waals surface area contributed by atoms with Crippen molar-refractivity contribution in [3.8, 4) is 11.1 Å². The predicted octanol–water partition coefficient (Wildman–Crippen LogP) is 9.42. The van der Waals surface area contributed by atoms with Crippen molar-refractivity contribution in [1.82, 2.24) is 10.2 Å². The van der Waals surface area contributed by atoms with Crippen LogP contribution in [0.1, 0.15) is 99.7 Å². The van der Waals surface area contributed by atoms with Crippen molar-refractivity contribution in [2.45, 2.75) is 111 Å². The normalized spacial score (nSPS) is 16.9. The Kier molecular flexibility index (Phi) is 15.9. The van der Waals surface area contributed by atoms with E-state index in [0.29, 0.717) is 29.8 Å². The highest BCUT2D eigenvalue weighted by Gasteiger charge is 2.33. The van der Waals surface area contributed by atoms with Gasteiger partial charge >= 0.3 is 5.97 Å². The van der Waals surface area contributed by atoms with Gasteiger partial charge in [0.15, 0.2) is 0 Å². The van der Waals surface area contributed by atoms with E-state index in [1.807, 2.05) is 30.5 Å². The average Bonchev–Trinajstić information content (AvgIpc) is 3.40. The Balaban J connectivity index is 0.000000875. The van der Waals surface area contributed by atoms with Crippen molar-refractivity contribution < 1.29 is 14.7 Å². The van der Waals surface area contributed by atoms with Gasteiger partial charge in [-0.1, -0.05) is 108 Å². The molecule has 0 saturated carbocycles. The molecule has 1 aliphatic rings. The summed E-state index contributed by atoms with van der Waals surface area (Å²) in [7, 11) is 0. The molecule has 0 spiro atoms. The number of likely N-dealkylation sites (tertiary alicyclic amines) is 1.